The first-order chi connectivity index (χ1) is 8.79. The standard InChI is InChI=1S/C14H20BrNO2/c1-17-13-6-2-3-7-14(13)18-10-9-16-8-4-5-12(15)11-16/h2-3,6-7,12H,4-5,8-11H2,1H3. The third kappa shape index (κ3) is 3.89. The second kappa shape index (κ2) is 7.00. The van der Waals surface area contributed by atoms with E-state index >= 15 is 0 Å². The molecule has 18 heavy (non-hydrogen) atoms. The smallest absolute Gasteiger partial charge is 0.161 e. The lowest BCUT2D eigenvalue weighted by molar-refractivity contribution is 0.184. The third-order valence-corrected chi connectivity index (χ3v) is 3.93. The van der Waals surface area contributed by atoms with E-state index in [-0.39, 0.29) is 0 Å². The monoisotopic (exact) mass is 313 g/mol. The van der Waals surface area contributed by atoms with Crippen LogP contribution >= 0.6 is 15.9 Å². The molecule has 0 N–H and O–H groups in total. The fourth-order valence-electron chi connectivity index (χ4n) is 2.22. The zero-order chi connectivity index (χ0) is 12.8. The Morgan fingerprint density at radius 1 is 1.33 bits per heavy atom. The maximum Gasteiger partial charge on any atom is 0.161 e. The number of piperidine rings is 1. The molecule has 1 aromatic rings. The van der Waals surface area contributed by atoms with Crippen molar-refractivity contribution >= 4 is 15.9 Å². The van der Waals surface area contributed by atoms with Gasteiger partial charge in [0.1, 0.15) is 6.61 Å². The van der Waals surface area contributed by atoms with Crippen LogP contribution in [-0.2, 0) is 0 Å². The fourth-order valence-corrected chi connectivity index (χ4v) is 2.96. The summed E-state index contributed by atoms with van der Waals surface area (Å²) in [6.07, 6.45) is 2.55. The van der Waals surface area contributed by atoms with Crippen molar-refractivity contribution in [2.45, 2.75) is 17.7 Å². The van der Waals surface area contributed by atoms with Crippen LogP contribution in [-0.4, -0.2) is 43.1 Å². The normalized spacial score (nSPS) is 20.7. The van der Waals surface area contributed by atoms with Gasteiger partial charge in [-0.05, 0) is 31.5 Å². The highest BCUT2D eigenvalue weighted by Crippen LogP contribution is 2.25. The highest BCUT2D eigenvalue weighted by Gasteiger charge is 2.17. The maximum atomic E-state index is 5.78. The number of rotatable bonds is 5. The minimum absolute atomic E-state index is 0.637. The Morgan fingerprint density at radius 2 is 2.11 bits per heavy atom. The van der Waals surface area contributed by atoms with Gasteiger partial charge < -0.3 is 9.47 Å². The van der Waals surface area contributed by atoms with Gasteiger partial charge in [0, 0.05) is 17.9 Å². The van der Waals surface area contributed by atoms with Gasteiger partial charge in [-0.15, -0.1) is 0 Å². The Labute approximate surface area is 117 Å². The Hall–Kier alpha value is -0.740. The molecule has 4 heteroatoms. The van der Waals surface area contributed by atoms with Gasteiger partial charge in [-0.3, -0.25) is 4.90 Å². The number of nitrogens with zero attached hydrogens (tertiary/aromatic N) is 1. The first kappa shape index (κ1) is 13.7. The van der Waals surface area contributed by atoms with Crippen molar-refractivity contribution in [1.29, 1.82) is 0 Å². The maximum absolute atomic E-state index is 5.78. The summed E-state index contributed by atoms with van der Waals surface area (Å²) < 4.78 is 11.0. The number of para-hydroxylation sites is 2. The number of hydrogen-bond acceptors (Lipinski definition) is 3. The third-order valence-electron chi connectivity index (χ3n) is 3.18. The van der Waals surface area contributed by atoms with E-state index in [4.69, 9.17) is 9.47 Å². The lowest BCUT2D eigenvalue weighted by atomic mass is 10.1. The summed E-state index contributed by atoms with van der Waals surface area (Å²) in [6.45, 7) is 3.98. The molecular formula is C14H20BrNO2. The van der Waals surface area contributed by atoms with Crippen LogP contribution in [0.2, 0.25) is 0 Å². The summed E-state index contributed by atoms with van der Waals surface area (Å²) in [5.74, 6) is 1.63. The molecule has 1 unspecified atom stereocenters. The Bertz CT molecular complexity index is 373. The average molecular weight is 314 g/mol. The van der Waals surface area contributed by atoms with Gasteiger partial charge in [-0.1, -0.05) is 28.1 Å². The van der Waals surface area contributed by atoms with Crippen molar-refractivity contribution < 1.29 is 9.47 Å². The van der Waals surface area contributed by atoms with Crippen LogP contribution in [0.1, 0.15) is 12.8 Å². The van der Waals surface area contributed by atoms with E-state index in [1.54, 1.807) is 7.11 Å². The Morgan fingerprint density at radius 3 is 2.83 bits per heavy atom. The van der Waals surface area contributed by atoms with Crippen LogP contribution in [0.5, 0.6) is 11.5 Å². The van der Waals surface area contributed by atoms with Gasteiger partial charge in [0.15, 0.2) is 11.5 Å². The summed E-state index contributed by atoms with van der Waals surface area (Å²) in [6, 6.07) is 7.78. The molecule has 0 saturated carbocycles. The summed E-state index contributed by atoms with van der Waals surface area (Å²) in [5, 5.41) is 0. The number of halogens is 1. The number of benzene rings is 1. The molecule has 1 heterocycles. The molecule has 3 nitrogen and oxygen atoms in total. The predicted octanol–water partition coefficient (Wildman–Crippen LogP) is 2.93. The molecule has 0 bridgehead atoms. The van der Waals surface area contributed by atoms with Gasteiger partial charge in [0.25, 0.3) is 0 Å². The van der Waals surface area contributed by atoms with E-state index in [0.29, 0.717) is 11.4 Å². The zero-order valence-electron chi connectivity index (χ0n) is 10.8. The number of methoxy groups -OCH3 is 1. The molecule has 0 spiro atoms. The summed E-state index contributed by atoms with van der Waals surface area (Å²) in [7, 11) is 1.67. The lowest BCUT2D eigenvalue weighted by Gasteiger charge is -2.29. The minimum atomic E-state index is 0.637. The highest BCUT2D eigenvalue weighted by molar-refractivity contribution is 9.09. The molecular weight excluding hydrogens is 294 g/mol. The summed E-state index contributed by atoms with van der Waals surface area (Å²) >= 11 is 3.69. The van der Waals surface area contributed by atoms with Crippen molar-refractivity contribution in [1.82, 2.24) is 4.90 Å². The van der Waals surface area contributed by atoms with E-state index in [2.05, 4.69) is 20.8 Å². The second-order valence-electron chi connectivity index (χ2n) is 4.54. The van der Waals surface area contributed by atoms with Crippen molar-refractivity contribution in [3.63, 3.8) is 0 Å². The largest absolute Gasteiger partial charge is 0.493 e. The number of hydrogen-bond donors (Lipinski definition) is 0. The van der Waals surface area contributed by atoms with Crippen LogP contribution < -0.4 is 9.47 Å². The predicted molar refractivity (Wildman–Crippen MR) is 76.9 cm³/mol. The molecule has 0 aromatic heterocycles. The van der Waals surface area contributed by atoms with Crippen molar-refractivity contribution in [2.75, 3.05) is 33.4 Å². The van der Waals surface area contributed by atoms with Crippen LogP contribution in [0, 0.1) is 0 Å². The Balaban J connectivity index is 1.77. The van der Waals surface area contributed by atoms with Gasteiger partial charge >= 0.3 is 0 Å². The van der Waals surface area contributed by atoms with E-state index < -0.39 is 0 Å². The quantitative estimate of drug-likeness (QED) is 0.780. The van der Waals surface area contributed by atoms with E-state index in [1.165, 1.54) is 19.4 Å². The van der Waals surface area contributed by atoms with Gasteiger partial charge in [0.2, 0.25) is 0 Å². The molecule has 100 valence electrons. The topological polar surface area (TPSA) is 21.7 Å². The first-order valence-electron chi connectivity index (χ1n) is 6.42. The van der Waals surface area contributed by atoms with Crippen molar-refractivity contribution in [2.24, 2.45) is 0 Å². The van der Waals surface area contributed by atoms with Crippen molar-refractivity contribution in [3.8, 4) is 11.5 Å². The molecule has 0 aliphatic carbocycles. The lowest BCUT2D eigenvalue weighted by Crippen LogP contribution is -2.38. The van der Waals surface area contributed by atoms with Gasteiger partial charge in [-0.2, -0.15) is 0 Å². The van der Waals surface area contributed by atoms with Crippen LogP contribution in [0.15, 0.2) is 24.3 Å². The van der Waals surface area contributed by atoms with E-state index in [0.717, 1.165) is 24.6 Å². The molecule has 0 amide bonds. The number of alkyl halides is 1. The van der Waals surface area contributed by atoms with Gasteiger partial charge in [0.05, 0.1) is 7.11 Å². The first-order valence-corrected chi connectivity index (χ1v) is 7.33. The highest BCUT2D eigenvalue weighted by atomic mass is 79.9. The minimum Gasteiger partial charge on any atom is -0.493 e. The van der Waals surface area contributed by atoms with Gasteiger partial charge in [-0.25, -0.2) is 0 Å². The molecule has 1 saturated heterocycles. The van der Waals surface area contributed by atoms with Crippen molar-refractivity contribution in [3.05, 3.63) is 24.3 Å². The van der Waals surface area contributed by atoms with Crippen LogP contribution in [0.25, 0.3) is 0 Å². The van der Waals surface area contributed by atoms with E-state index in [9.17, 15) is 0 Å². The average Bonchev–Trinajstić information content (AvgIpc) is 2.39. The van der Waals surface area contributed by atoms with Crippen LogP contribution in [0.3, 0.4) is 0 Å². The zero-order valence-corrected chi connectivity index (χ0v) is 12.4. The summed E-state index contributed by atoms with van der Waals surface area (Å²) in [5.41, 5.74) is 0. The molecule has 1 aliphatic rings. The Kier molecular flexibility index (Phi) is 5.32. The molecule has 0 radical (unpaired) electrons. The number of ether oxygens (including phenoxy) is 2. The van der Waals surface area contributed by atoms with E-state index in [1.807, 2.05) is 24.3 Å². The number of likely N-dealkylation sites (tertiary alicyclic amines) is 1. The summed E-state index contributed by atoms with van der Waals surface area (Å²) in [4.78, 5) is 3.08. The SMILES string of the molecule is COc1ccccc1OCCN1CCCC(Br)C1. The molecule has 2 rings (SSSR count). The second-order valence-corrected chi connectivity index (χ2v) is 5.83. The fraction of sp³-hybridized carbons (Fsp3) is 0.571. The van der Waals surface area contributed by atoms with Crippen LogP contribution in [0.4, 0.5) is 0 Å². The molecule has 1 aromatic carbocycles. The molecule has 1 fully saturated rings. The molecule has 1 aliphatic heterocycles. The molecule has 1 atom stereocenters.